The van der Waals surface area contributed by atoms with Crippen LogP contribution in [0.5, 0.6) is 0 Å². The van der Waals surface area contributed by atoms with E-state index in [2.05, 4.69) is 26.6 Å². The lowest BCUT2D eigenvalue weighted by atomic mass is 10.1. The molecule has 17 heavy (non-hydrogen) atoms. The monoisotopic (exact) mass is 304 g/mol. The Kier molecular flexibility index (Phi) is 4.34. The molecule has 1 aliphatic rings. The normalized spacial score (nSPS) is 21.0. The van der Waals surface area contributed by atoms with E-state index in [1.165, 1.54) is 6.07 Å². The Morgan fingerprint density at radius 1 is 1.18 bits per heavy atom. The number of halogens is 3. The molecule has 0 spiro atoms. The number of anilines is 1. The van der Waals surface area contributed by atoms with Gasteiger partial charge in [0, 0.05) is 12.1 Å². The first-order valence-corrected chi connectivity index (χ1v) is 6.58. The highest BCUT2D eigenvalue weighted by atomic mass is 79.9. The number of benzene rings is 1. The Balaban J connectivity index is 2.09. The number of hydrogen-bond acceptors (Lipinski definition) is 2. The molecule has 2 nitrogen and oxygen atoms in total. The van der Waals surface area contributed by atoms with Crippen LogP contribution in [0.1, 0.15) is 19.3 Å². The van der Waals surface area contributed by atoms with Crippen LogP contribution in [0.2, 0.25) is 0 Å². The van der Waals surface area contributed by atoms with E-state index in [4.69, 9.17) is 0 Å². The highest BCUT2D eigenvalue weighted by Gasteiger charge is 2.15. The Hall–Kier alpha value is -0.680. The molecule has 0 aliphatic carbocycles. The van der Waals surface area contributed by atoms with Crippen LogP contribution in [0, 0.1) is 11.6 Å². The van der Waals surface area contributed by atoms with Crippen molar-refractivity contribution >= 4 is 21.6 Å². The van der Waals surface area contributed by atoms with Gasteiger partial charge < -0.3 is 10.6 Å². The minimum absolute atomic E-state index is 0.156. The summed E-state index contributed by atoms with van der Waals surface area (Å²) in [5, 5.41) is 6.36. The van der Waals surface area contributed by atoms with E-state index in [-0.39, 0.29) is 16.2 Å². The Bertz CT molecular complexity index is 390. The van der Waals surface area contributed by atoms with Gasteiger partial charge in [0.15, 0.2) is 0 Å². The zero-order chi connectivity index (χ0) is 12.3. The van der Waals surface area contributed by atoms with Crippen molar-refractivity contribution in [2.45, 2.75) is 25.3 Å². The summed E-state index contributed by atoms with van der Waals surface area (Å²) in [6.07, 6.45) is 2.96. The van der Waals surface area contributed by atoms with Crippen LogP contribution in [0.15, 0.2) is 16.6 Å². The third-order valence-electron chi connectivity index (χ3n) is 2.95. The zero-order valence-corrected chi connectivity index (χ0v) is 11.0. The first kappa shape index (κ1) is 12.8. The average molecular weight is 305 g/mol. The van der Waals surface area contributed by atoms with E-state index in [1.54, 1.807) is 0 Å². The van der Waals surface area contributed by atoms with Crippen molar-refractivity contribution in [1.29, 1.82) is 0 Å². The topological polar surface area (TPSA) is 24.1 Å². The van der Waals surface area contributed by atoms with Gasteiger partial charge in [-0.3, -0.25) is 0 Å². The fourth-order valence-corrected chi connectivity index (χ4v) is 2.33. The van der Waals surface area contributed by atoms with Crippen LogP contribution >= 0.6 is 15.9 Å². The summed E-state index contributed by atoms with van der Waals surface area (Å²) >= 11 is 2.97. The van der Waals surface area contributed by atoms with Gasteiger partial charge in [-0.05, 0) is 54.3 Å². The Morgan fingerprint density at radius 3 is 2.82 bits per heavy atom. The smallest absolute Gasteiger partial charge is 0.147 e. The number of nitrogens with one attached hydrogen (secondary N) is 2. The molecule has 0 radical (unpaired) electrons. The molecule has 1 heterocycles. The highest BCUT2D eigenvalue weighted by molar-refractivity contribution is 9.10. The molecule has 1 aromatic rings. The summed E-state index contributed by atoms with van der Waals surface area (Å²) in [5.41, 5.74) is 0.248. The van der Waals surface area contributed by atoms with Crippen LogP contribution in [0.25, 0.3) is 0 Å². The lowest BCUT2D eigenvalue weighted by Gasteiger charge is -2.18. The lowest BCUT2D eigenvalue weighted by molar-refractivity contribution is 0.585. The van der Waals surface area contributed by atoms with Crippen molar-refractivity contribution in [1.82, 2.24) is 5.32 Å². The first-order valence-electron chi connectivity index (χ1n) is 5.78. The SMILES string of the molecule is Fc1cc(NC2CCCNCC2)c(F)cc1Br. The van der Waals surface area contributed by atoms with Crippen molar-refractivity contribution in [2.24, 2.45) is 0 Å². The zero-order valence-electron chi connectivity index (χ0n) is 9.40. The molecule has 5 heteroatoms. The molecule has 0 bridgehead atoms. The summed E-state index contributed by atoms with van der Waals surface area (Å²) in [7, 11) is 0. The summed E-state index contributed by atoms with van der Waals surface area (Å²) in [4.78, 5) is 0. The molecule has 2 rings (SSSR count). The third kappa shape index (κ3) is 3.39. The molecule has 1 saturated heterocycles. The van der Waals surface area contributed by atoms with Gasteiger partial charge in [-0.25, -0.2) is 8.78 Å². The fourth-order valence-electron chi connectivity index (χ4n) is 2.02. The van der Waals surface area contributed by atoms with Crippen molar-refractivity contribution in [3.63, 3.8) is 0 Å². The van der Waals surface area contributed by atoms with Gasteiger partial charge in [0.05, 0.1) is 10.2 Å². The second-order valence-electron chi connectivity index (χ2n) is 4.27. The van der Waals surface area contributed by atoms with Crippen LogP contribution in [-0.4, -0.2) is 19.1 Å². The molecule has 1 atom stereocenters. The van der Waals surface area contributed by atoms with E-state index in [1.807, 2.05) is 0 Å². The molecule has 0 saturated carbocycles. The van der Waals surface area contributed by atoms with E-state index >= 15 is 0 Å². The molecule has 0 aromatic heterocycles. The van der Waals surface area contributed by atoms with E-state index < -0.39 is 11.6 Å². The molecule has 0 amide bonds. The van der Waals surface area contributed by atoms with Crippen molar-refractivity contribution < 1.29 is 8.78 Å². The van der Waals surface area contributed by atoms with Crippen molar-refractivity contribution in [2.75, 3.05) is 18.4 Å². The predicted octanol–water partition coefficient (Wildman–Crippen LogP) is 3.28. The van der Waals surface area contributed by atoms with Crippen LogP contribution < -0.4 is 10.6 Å². The average Bonchev–Trinajstić information content (AvgIpc) is 2.54. The minimum atomic E-state index is -0.444. The van der Waals surface area contributed by atoms with Gasteiger partial charge in [0.1, 0.15) is 11.6 Å². The molecule has 1 unspecified atom stereocenters. The standard InChI is InChI=1S/C12H15BrF2N2/c13-9-6-11(15)12(7-10(9)14)17-8-2-1-4-16-5-3-8/h6-8,16-17H,1-5H2. The maximum absolute atomic E-state index is 13.6. The van der Waals surface area contributed by atoms with Gasteiger partial charge >= 0.3 is 0 Å². The largest absolute Gasteiger partial charge is 0.380 e. The molecular formula is C12H15BrF2N2. The minimum Gasteiger partial charge on any atom is -0.380 e. The Labute approximate surface area is 108 Å². The van der Waals surface area contributed by atoms with Crippen LogP contribution in [0.4, 0.5) is 14.5 Å². The maximum atomic E-state index is 13.6. The first-order chi connectivity index (χ1) is 8.16. The maximum Gasteiger partial charge on any atom is 0.147 e. The van der Waals surface area contributed by atoms with E-state index in [0.717, 1.165) is 38.4 Å². The van der Waals surface area contributed by atoms with Gasteiger partial charge in [0.2, 0.25) is 0 Å². The second-order valence-corrected chi connectivity index (χ2v) is 5.12. The van der Waals surface area contributed by atoms with Gasteiger partial charge in [-0.15, -0.1) is 0 Å². The number of rotatable bonds is 2. The van der Waals surface area contributed by atoms with Gasteiger partial charge in [0.25, 0.3) is 0 Å². The summed E-state index contributed by atoms with van der Waals surface area (Å²) < 4.78 is 27.1. The van der Waals surface area contributed by atoms with E-state index in [0.29, 0.717) is 0 Å². The molecule has 1 fully saturated rings. The summed E-state index contributed by atoms with van der Waals surface area (Å²) in [6, 6.07) is 2.57. The van der Waals surface area contributed by atoms with Crippen LogP contribution in [-0.2, 0) is 0 Å². The quantitative estimate of drug-likeness (QED) is 0.819. The molecule has 94 valence electrons. The van der Waals surface area contributed by atoms with E-state index in [9.17, 15) is 8.78 Å². The molecular weight excluding hydrogens is 290 g/mol. The van der Waals surface area contributed by atoms with Crippen molar-refractivity contribution in [3.8, 4) is 0 Å². The third-order valence-corrected chi connectivity index (χ3v) is 3.55. The van der Waals surface area contributed by atoms with Crippen molar-refractivity contribution in [3.05, 3.63) is 28.2 Å². The predicted molar refractivity (Wildman–Crippen MR) is 68.2 cm³/mol. The van der Waals surface area contributed by atoms with Gasteiger partial charge in [-0.2, -0.15) is 0 Å². The van der Waals surface area contributed by atoms with Crippen LogP contribution in [0.3, 0.4) is 0 Å². The molecule has 1 aliphatic heterocycles. The molecule has 1 aromatic carbocycles. The lowest BCUT2D eigenvalue weighted by Crippen LogP contribution is -2.22. The second kappa shape index (κ2) is 5.78. The summed E-state index contributed by atoms with van der Waals surface area (Å²) in [5.74, 6) is -0.865. The molecule has 2 N–H and O–H groups in total. The van der Waals surface area contributed by atoms with Gasteiger partial charge in [-0.1, -0.05) is 0 Å². The Morgan fingerprint density at radius 2 is 2.00 bits per heavy atom. The highest BCUT2D eigenvalue weighted by Crippen LogP contribution is 2.25. The summed E-state index contributed by atoms with van der Waals surface area (Å²) in [6.45, 7) is 1.91. The fraction of sp³-hybridized carbons (Fsp3) is 0.500. The number of hydrogen-bond donors (Lipinski definition) is 2.